The van der Waals surface area contributed by atoms with Crippen molar-refractivity contribution in [2.45, 2.75) is 13.5 Å². The number of carbonyl (C=O) groups is 1. The van der Waals surface area contributed by atoms with E-state index in [1.807, 2.05) is 72.3 Å². The Balaban J connectivity index is 1.50. The molecule has 0 fully saturated rings. The Hall–Kier alpha value is -3.54. The van der Waals surface area contributed by atoms with Gasteiger partial charge in [0, 0.05) is 11.8 Å². The minimum atomic E-state index is -0.176. The number of fused-ring (bicyclic) bond motifs is 1. The molecule has 0 aliphatic rings. The molecular weight excluding hydrogens is 326 g/mol. The van der Waals surface area contributed by atoms with E-state index in [0.29, 0.717) is 17.9 Å². The molecule has 2 aromatic carbocycles. The molecule has 0 aliphatic heterocycles. The quantitative estimate of drug-likeness (QED) is 0.616. The van der Waals surface area contributed by atoms with Gasteiger partial charge in [-0.2, -0.15) is 0 Å². The molecule has 0 saturated carbocycles. The van der Waals surface area contributed by atoms with Crippen LogP contribution in [-0.2, 0) is 6.54 Å². The van der Waals surface area contributed by atoms with Crippen LogP contribution in [0.3, 0.4) is 0 Å². The van der Waals surface area contributed by atoms with Crippen LogP contribution in [0.4, 0.5) is 5.82 Å². The van der Waals surface area contributed by atoms with Crippen molar-refractivity contribution in [3.05, 3.63) is 83.6 Å². The van der Waals surface area contributed by atoms with Crippen LogP contribution >= 0.6 is 0 Å². The van der Waals surface area contributed by atoms with Gasteiger partial charge in [-0.15, -0.1) is 5.10 Å². The normalized spacial score (nSPS) is 10.8. The molecule has 128 valence electrons. The summed E-state index contributed by atoms with van der Waals surface area (Å²) in [6.45, 7) is 2.51. The Morgan fingerprint density at radius 2 is 1.85 bits per heavy atom. The summed E-state index contributed by atoms with van der Waals surface area (Å²) in [5, 5.41) is 11.2. The van der Waals surface area contributed by atoms with Crippen molar-refractivity contribution in [3.63, 3.8) is 0 Å². The van der Waals surface area contributed by atoms with Gasteiger partial charge in [0.1, 0.15) is 11.3 Å². The fourth-order valence-corrected chi connectivity index (χ4v) is 2.76. The number of aromatic nitrogens is 4. The summed E-state index contributed by atoms with van der Waals surface area (Å²) < 4.78 is 1.85. The standard InChI is InChI=1S/C20H17N5O/c1-14-5-4-12-21-19(14)22-20(26)16-10-8-15(9-11-16)13-25-18-7-3-2-6-17(18)23-24-25/h2-12H,13H2,1H3,(H,21,22,26). The number of hydrogen-bond donors (Lipinski definition) is 1. The van der Waals surface area contributed by atoms with Crippen LogP contribution < -0.4 is 5.32 Å². The number of aryl methyl sites for hydroxylation is 1. The SMILES string of the molecule is Cc1cccnc1NC(=O)c1ccc(Cn2nnc3ccccc32)cc1. The highest BCUT2D eigenvalue weighted by atomic mass is 16.1. The molecule has 0 bridgehead atoms. The third-order valence-corrected chi connectivity index (χ3v) is 4.21. The Bertz CT molecular complexity index is 1070. The maximum absolute atomic E-state index is 12.4. The Labute approximate surface area is 150 Å². The summed E-state index contributed by atoms with van der Waals surface area (Å²) in [6.07, 6.45) is 1.66. The summed E-state index contributed by atoms with van der Waals surface area (Å²) >= 11 is 0. The van der Waals surface area contributed by atoms with E-state index in [2.05, 4.69) is 20.6 Å². The number of hydrogen-bond acceptors (Lipinski definition) is 4. The molecule has 0 saturated heterocycles. The predicted octanol–water partition coefficient (Wildman–Crippen LogP) is 3.44. The minimum absolute atomic E-state index is 0.176. The zero-order valence-corrected chi connectivity index (χ0v) is 14.3. The second-order valence-corrected chi connectivity index (χ2v) is 6.06. The first-order chi connectivity index (χ1) is 12.7. The van der Waals surface area contributed by atoms with Gasteiger partial charge in [0.05, 0.1) is 12.1 Å². The lowest BCUT2D eigenvalue weighted by atomic mass is 10.1. The average molecular weight is 343 g/mol. The highest BCUT2D eigenvalue weighted by Crippen LogP contribution is 2.14. The van der Waals surface area contributed by atoms with E-state index < -0.39 is 0 Å². The molecule has 0 unspecified atom stereocenters. The van der Waals surface area contributed by atoms with Crippen molar-refractivity contribution in [1.82, 2.24) is 20.0 Å². The zero-order chi connectivity index (χ0) is 17.9. The molecule has 4 aromatic rings. The maximum atomic E-state index is 12.4. The summed E-state index contributed by atoms with van der Waals surface area (Å²) in [5.41, 5.74) is 4.41. The molecule has 1 N–H and O–H groups in total. The number of rotatable bonds is 4. The van der Waals surface area contributed by atoms with Crippen molar-refractivity contribution in [3.8, 4) is 0 Å². The van der Waals surface area contributed by atoms with Gasteiger partial charge in [0.25, 0.3) is 5.91 Å². The van der Waals surface area contributed by atoms with Crippen molar-refractivity contribution >= 4 is 22.8 Å². The van der Waals surface area contributed by atoms with E-state index >= 15 is 0 Å². The lowest BCUT2D eigenvalue weighted by molar-refractivity contribution is 0.102. The first-order valence-electron chi connectivity index (χ1n) is 8.31. The molecule has 2 aromatic heterocycles. The number of nitrogens with one attached hydrogen (secondary N) is 1. The number of nitrogens with zero attached hydrogens (tertiary/aromatic N) is 4. The zero-order valence-electron chi connectivity index (χ0n) is 14.3. The van der Waals surface area contributed by atoms with E-state index in [1.54, 1.807) is 6.20 Å². The molecular formula is C20H17N5O. The molecule has 6 heteroatoms. The van der Waals surface area contributed by atoms with Gasteiger partial charge in [-0.05, 0) is 48.4 Å². The molecule has 6 nitrogen and oxygen atoms in total. The maximum Gasteiger partial charge on any atom is 0.256 e. The van der Waals surface area contributed by atoms with Gasteiger partial charge >= 0.3 is 0 Å². The Morgan fingerprint density at radius 3 is 2.65 bits per heavy atom. The van der Waals surface area contributed by atoms with Gasteiger partial charge in [-0.3, -0.25) is 4.79 Å². The van der Waals surface area contributed by atoms with Crippen molar-refractivity contribution in [2.75, 3.05) is 5.32 Å². The monoisotopic (exact) mass is 343 g/mol. The smallest absolute Gasteiger partial charge is 0.256 e. The molecule has 4 rings (SSSR count). The second kappa shape index (κ2) is 6.76. The number of benzene rings is 2. The topological polar surface area (TPSA) is 72.7 Å². The molecule has 1 amide bonds. The fraction of sp³-hybridized carbons (Fsp3) is 0.100. The van der Waals surface area contributed by atoms with Crippen LogP contribution in [0, 0.1) is 6.92 Å². The summed E-state index contributed by atoms with van der Waals surface area (Å²) in [7, 11) is 0. The second-order valence-electron chi connectivity index (χ2n) is 6.06. The van der Waals surface area contributed by atoms with Gasteiger partial charge < -0.3 is 5.32 Å². The third-order valence-electron chi connectivity index (χ3n) is 4.21. The number of carbonyl (C=O) groups excluding carboxylic acids is 1. The Kier molecular flexibility index (Phi) is 4.15. The van der Waals surface area contributed by atoms with E-state index in [-0.39, 0.29) is 5.91 Å². The van der Waals surface area contributed by atoms with Crippen LogP contribution in [0.5, 0.6) is 0 Å². The number of amides is 1. The highest BCUT2D eigenvalue weighted by Gasteiger charge is 2.09. The van der Waals surface area contributed by atoms with Gasteiger partial charge in [-0.25, -0.2) is 9.67 Å². The van der Waals surface area contributed by atoms with Crippen LogP contribution in [0.1, 0.15) is 21.5 Å². The number of para-hydroxylation sites is 1. The molecule has 0 atom stereocenters. The summed E-state index contributed by atoms with van der Waals surface area (Å²) in [6, 6.07) is 19.1. The third kappa shape index (κ3) is 3.17. The Morgan fingerprint density at radius 1 is 1.04 bits per heavy atom. The number of anilines is 1. The minimum Gasteiger partial charge on any atom is -0.306 e. The molecule has 0 radical (unpaired) electrons. The highest BCUT2D eigenvalue weighted by molar-refractivity contribution is 6.04. The summed E-state index contributed by atoms with van der Waals surface area (Å²) in [5.74, 6) is 0.403. The molecule has 0 aliphatic carbocycles. The van der Waals surface area contributed by atoms with E-state index in [0.717, 1.165) is 22.2 Å². The number of pyridine rings is 1. The lowest BCUT2D eigenvalue weighted by Gasteiger charge is -2.08. The van der Waals surface area contributed by atoms with Crippen molar-refractivity contribution in [1.29, 1.82) is 0 Å². The average Bonchev–Trinajstić information content (AvgIpc) is 3.07. The van der Waals surface area contributed by atoms with Gasteiger partial charge in [-0.1, -0.05) is 35.5 Å². The van der Waals surface area contributed by atoms with E-state index in [9.17, 15) is 4.79 Å². The molecule has 26 heavy (non-hydrogen) atoms. The van der Waals surface area contributed by atoms with Gasteiger partial charge in [0.2, 0.25) is 0 Å². The first-order valence-corrected chi connectivity index (χ1v) is 8.31. The lowest BCUT2D eigenvalue weighted by Crippen LogP contribution is -2.14. The predicted molar refractivity (Wildman–Crippen MR) is 100.0 cm³/mol. The van der Waals surface area contributed by atoms with E-state index in [1.165, 1.54) is 0 Å². The van der Waals surface area contributed by atoms with Crippen molar-refractivity contribution < 1.29 is 4.79 Å². The van der Waals surface area contributed by atoms with Crippen LogP contribution in [0.2, 0.25) is 0 Å². The van der Waals surface area contributed by atoms with E-state index in [4.69, 9.17) is 0 Å². The van der Waals surface area contributed by atoms with Crippen molar-refractivity contribution in [2.24, 2.45) is 0 Å². The largest absolute Gasteiger partial charge is 0.306 e. The van der Waals surface area contributed by atoms with Crippen LogP contribution in [0.25, 0.3) is 11.0 Å². The molecule has 0 spiro atoms. The first kappa shape index (κ1) is 16.0. The van der Waals surface area contributed by atoms with Crippen LogP contribution in [-0.4, -0.2) is 25.9 Å². The van der Waals surface area contributed by atoms with Crippen LogP contribution in [0.15, 0.2) is 66.9 Å². The molecule has 2 heterocycles. The fourth-order valence-electron chi connectivity index (χ4n) is 2.76. The van der Waals surface area contributed by atoms with Gasteiger partial charge in [0.15, 0.2) is 0 Å². The summed E-state index contributed by atoms with van der Waals surface area (Å²) in [4.78, 5) is 16.6.